The molecule has 0 aliphatic carbocycles. The summed E-state index contributed by atoms with van der Waals surface area (Å²) in [6, 6.07) is 9.67. The Hall–Kier alpha value is -1.79. The second-order valence-corrected chi connectivity index (χ2v) is 5.47. The summed E-state index contributed by atoms with van der Waals surface area (Å²) in [4.78, 5) is 18.3. The molecule has 0 saturated carbocycles. The van der Waals surface area contributed by atoms with Gasteiger partial charge in [-0.1, -0.05) is 30.3 Å². The van der Waals surface area contributed by atoms with E-state index in [1.54, 1.807) is 19.1 Å². The van der Waals surface area contributed by atoms with Gasteiger partial charge in [0.15, 0.2) is 5.82 Å². The molecule has 0 spiro atoms. The van der Waals surface area contributed by atoms with Crippen molar-refractivity contribution in [1.82, 2.24) is 14.3 Å². The maximum Gasteiger partial charge on any atom is 0.284 e. The van der Waals surface area contributed by atoms with Crippen LogP contribution in [0.3, 0.4) is 0 Å². The Morgan fingerprint density at radius 3 is 2.76 bits per heavy atom. The number of benzene rings is 1. The molecule has 1 aromatic carbocycles. The molecule has 0 bridgehead atoms. The molecular formula is C15H19N3O2S. The molecule has 0 unspecified atom stereocenters. The summed E-state index contributed by atoms with van der Waals surface area (Å²) in [6.07, 6.45) is 1.86. The maximum absolute atomic E-state index is 12.3. The SMILES string of the molecule is COCCCCN(C)C(=O)c1nc(-c2ccccc2)ns1. The summed E-state index contributed by atoms with van der Waals surface area (Å²) < 4.78 is 9.26. The quantitative estimate of drug-likeness (QED) is 0.738. The normalized spacial score (nSPS) is 10.6. The second kappa shape index (κ2) is 7.85. The summed E-state index contributed by atoms with van der Waals surface area (Å²) in [5, 5.41) is 0.433. The van der Waals surface area contributed by atoms with Crippen LogP contribution in [0, 0.1) is 0 Å². The molecular weight excluding hydrogens is 286 g/mol. The molecule has 0 radical (unpaired) electrons. The Bertz CT molecular complexity index is 571. The molecule has 5 nitrogen and oxygen atoms in total. The van der Waals surface area contributed by atoms with E-state index < -0.39 is 0 Å². The van der Waals surface area contributed by atoms with E-state index in [0.717, 1.165) is 36.5 Å². The van der Waals surface area contributed by atoms with Crippen LogP contribution in [0.25, 0.3) is 11.4 Å². The molecule has 0 atom stereocenters. The lowest BCUT2D eigenvalue weighted by atomic mass is 10.2. The largest absolute Gasteiger partial charge is 0.385 e. The van der Waals surface area contributed by atoms with Crippen LogP contribution in [-0.4, -0.2) is 47.5 Å². The number of carbonyl (C=O) groups is 1. The van der Waals surface area contributed by atoms with E-state index in [2.05, 4.69) is 9.36 Å². The third-order valence-electron chi connectivity index (χ3n) is 3.08. The Morgan fingerprint density at radius 2 is 2.05 bits per heavy atom. The van der Waals surface area contributed by atoms with Crippen molar-refractivity contribution in [3.05, 3.63) is 35.3 Å². The first-order valence-corrected chi connectivity index (χ1v) is 7.63. The zero-order valence-corrected chi connectivity index (χ0v) is 13.1. The number of ether oxygens (including phenoxy) is 1. The highest BCUT2D eigenvalue weighted by atomic mass is 32.1. The third-order valence-corrected chi connectivity index (χ3v) is 3.78. The fraction of sp³-hybridized carbons (Fsp3) is 0.400. The van der Waals surface area contributed by atoms with Gasteiger partial charge in [0, 0.05) is 32.9 Å². The molecule has 0 aliphatic heterocycles. The van der Waals surface area contributed by atoms with Crippen LogP contribution >= 0.6 is 11.5 Å². The Labute approximate surface area is 128 Å². The molecule has 0 saturated heterocycles. The van der Waals surface area contributed by atoms with E-state index >= 15 is 0 Å². The van der Waals surface area contributed by atoms with Gasteiger partial charge in [-0.2, -0.15) is 4.37 Å². The van der Waals surface area contributed by atoms with E-state index in [0.29, 0.717) is 17.4 Å². The number of aromatic nitrogens is 2. The molecule has 0 aliphatic rings. The van der Waals surface area contributed by atoms with Crippen LogP contribution in [0.4, 0.5) is 0 Å². The topological polar surface area (TPSA) is 55.3 Å². The van der Waals surface area contributed by atoms with Gasteiger partial charge in [-0.05, 0) is 24.4 Å². The molecule has 112 valence electrons. The fourth-order valence-corrected chi connectivity index (χ4v) is 2.56. The first kappa shape index (κ1) is 15.6. The minimum absolute atomic E-state index is 0.0768. The van der Waals surface area contributed by atoms with Crippen molar-refractivity contribution in [2.45, 2.75) is 12.8 Å². The zero-order chi connectivity index (χ0) is 15.1. The number of carbonyl (C=O) groups excluding carboxylic acids is 1. The summed E-state index contributed by atoms with van der Waals surface area (Å²) in [6.45, 7) is 1.42. The molecule has 0 fully saturated rings. The second-order valence-electron chi connectivity index (χ2n) is 4.72. The van der Waals surface area contributed by atoms with Crippen molar-refractivity contribution in [2.24, 2.45) is 0 Å². The van der Waals surface area contributed by atoms with Crippen LogP contribution < -0.4 is 0 Å². The van der Waals surface area contributed by atoms with Crippen LogP contribution in [0.2, 0.25) is 0 Å². The van der Waals surface area contributed by atoms with E-state index in [9.17, 15) is 4.79 Å². The summed E-state index contributed by atoms with van der Waals surface area (Å²) >= 11 is 1.15. The first-order chi connectivity index (χ1) is 10.2. The number of amides is 1. The molecule has 1 amide bonds. The number of hydrogen-bond acceptors (Lipinski definition) is 5. The predicted molar refractivity (Wildman–Crippen MR) is 83.4 cm³/mol. The van der Waals surface area contributed by atoms with Crippen molar-refractivity contribution in [1.29, 1.82) is 0 Å². The zero-order valence-electron chi connectivity index (χ0n) is 12.3. The van der Waals surface area contributed by atoms with Gasteiger partial charge < -0.3 is 9.64 Å². The van der Waals surface area contributed by atoms with E-state index in [1.807, 2.05) is 30.3 Å². The molecule has 0 N–H and O–H groups in total. The fourth-order valence-electron chi connectivity index (χ4n) is 1.88. The lowest BCUT2D eigenvalue weighted by Crippen LogP contribution is -2.27. The Morgan fingerprint density at radius 1 is 1.29 bits per heavy atom. The molecule has 1 heterocycles. The minimum atomic E-state index is -0.0768. The number of unbranched alkanes of at least 4 members (excludes halogenated alkanes) is 1. The van der Waals surface area contributed by atoms with Gasteiger partial charge in [0.25, 0.3) is 5.91 Å². The van der Waals surface area contributed by atoms with Crippen molar-refractivity contribution in [3.63, 3.8) is 0 Å². The minimum Gasteiger partial charge on any atom is -0.385 e. The average Bonchev–Trinajstić information content (AvgIpc) is 3.01. The van der Waals surface area contributed by atoms with Gasteiger partial charge in [0.2, 0.25) is 5.01 Å². The van der Waals surface area contributed by atoms with Crippen LogP contribution in [0.1, 0.15) is 22.6 Å². The van der Waals surface area contributed by atoms with Crippen LogP contribution in [-0.2, 0) is 4.74 Å². The van der Waals surface area contributed by atoms with Crippen LogP contribution in [0.5, 0.6) is 0 Å². The van der Waals surface area contributed by atoms with Gasteiger partial charge in [-0.15, -0.1) is 0 Å². The highest BCUT2D eigenvalue weighted by molar-refractivity contribution is 7.07. The van der Waals surface area contributed by atoms with Gasteiger partial charge in [-0.25, -0.2) is 4.98 Å². The summed E-state index contributed by atoms with van der Waals surface area (Å²) in [5.74, 6) is 0.531. The Balaban J connectivity index is 1.95. The summed E-state index contributed by atoms with van der Waals surface area (Å²) in [7, 11) is 3.47. The van der Waals surface area contributed by atoms with Crippen molar-refractivity contribution >= 4 is 17.4 Å². The highest BCUT2D eigenvalue weighted by Crippen LogP contribution is 2.18. The third kappa shape index (κ3) is 4.34. The number of rotatable bonds is 7. The van der Waals surface area contributed by atoms with Gasteiger partial charge >= 0.3 is 0 Å². The van der Waals surface area contributed by atoms with E-state index in [1.165, 1.54) is 0 Å². The molecule has 21 heavy (non-hydrogen) atoms. The van der Waals surface area contributed by atoms with Crippen molar-refractivity contribution in [3.8, 4) is 11.4 Å². The average molecular weight is 305 g/mol. The smallest absolute Gasteiger partial charge is 0.284 e. The monoisotopic (exact) mass is 305 g/mol. The van der Waals surface area contributed by atoms with Crippen LogP contribution in [0.15, 0.2) is 30.3 Å². The van der Waals surface area contributed by atoms with Gasteiger partial charge in [-0.3, -0.25) is 4.79 Å². The molecule has 2 aromatic rings. The van der Waals surface area contributed by atoms with Crippen molar-refractivity contribution < 1.29 is 9.53 Å². The molecule has 2 rings (SSSR count). The van der Waals surface area contributed by atoms with Gasteiger partial charge in [0.05, 0.1) is 0 Å². The molecule has 1 aromatic heterocycles. The summed E-state index contributed by atoms with van der Waals surface area (Å²) in [5.41, 5.74) is 0.926. The maximum atomic E-state index is 12.3. The standard InChI is InChI=1S/C15H19N3O2S/c1-18(10-6-7-11-20-2)15(19)14-16-13(17-21-14)12-8-4-3-5-9-12/h3-5,8-9H,6-7,10-11H2,1-2H3. The predicted octanol–water partition coefficient (Wildman–Crippen LogP) is 2.70. The van der Waals surface area contributed by atoms with Gasteiger partial charge in [0.1, 0.15) is 0 Å². The first-order valence-electron chi connectivity index (χ1n) is 6.86. The van der Waals surface area contributed by atoms with Crippen molar-refractivity contribution in [2.75, 3.05) is 27.3 Å². The number of nitrogens with zero attached hydrogens (tertiary/aromatic N) is 3. The lowest BCUT2D eigenvalue weighted by Gasteiger charge is -2.14. The Kier molecular flexibility index (Phi) is 5.83. The lowest BCUT2D eigenvalue weighted by molar-refractivity contribution is 0.0788. The highest BCUT2D eigenvalue weighted by Gasteiger charge is 2.17. The van der Waals surface area contributed by atoms with E-state index in [-0.39, 0.29) is 5.91 Å². The number of hydrogen-bond donors (Lipinski definition) is 0. The number of methoxy groups -OCH3 is 1. The molecule has 6 heteroatoms. The van der Waals surface area contributed by atoms with E-state index in [4.69, 9.17) is 4.74 Å².